The highest BCUT2D eigenvalue weighted by atomic mass is 19.4. The summed E-state index contributed by atoms with van der Waals surface area (Å²) in [5.41, 5.74) is 0. The molecular weight excluding hydrogens is 413 g/mol. The largest absolute Gasteiger partial charge is 0.480 e. The first-order valence-electron chi connectivity index (χ1n) is 6.05. The van der Waals surface area contributed by atoms with E-state index in [4.69, 9.17) is 5.11 Å². The van der Waals surface area contributed by atoms with Gasteiger partial charge in [0.25, 0.3) is 0 Å². The summed E-state index contributed by atoms with van der Waals surface area (Å²) in [5.74, 6) is -38.8. The molecule has 0 aliphatic heterocycles. The number of carbonyl (C=O) groups is 1. The maximum absolute atomic E-state index is 13.2. The number of aliphatic carboxylic acids is 1. The van der Waals surface area contributed by atoms with Gasteiger partial charge in [-0.25, -0.2) is 0 Å². The average Bonchev–Trinajstić information content (AvgIpc) is 2.41. The van der Waals surface area contributed by atoms with Gasteiger partial charge in [-0.2, -0.15) is 57.1 Å². The van der Waals surface area contributed by atoms with Crippen molar-refractivity contribution in [2.24, 2.45) is 0 Å². The minimum Gasteiger partial charge on any atom is -0.480 e. The van der Waals surface area contributed by atoms with Crippen LogP contribution < -0.4 is 5.32 Å². The molecule has 0 atom stereocenters. The molecule has 0 aromatic rings. The molecule has 0 saturated heterocycles. The van der Waals surface area contributed by atoms with Crippen molar-refractivity contribution in [1.82, 2.24) is 5.32 Å². The number of alkyl halides is 13. The Balaban J connectivity index is 5.74. The molecule has 156 valence electrons. The molecule has 0 spiro atoms. The van der Waals surface area contributed by atoms with Gasteiger partial charge in [0.1, 0.15) is 0 Å². The summed E-state index contributed by atoms with van der Waals surface area (Å²) in [7, 11) is 0. The fourth-order valence-electron chi connectivity index (χ4n) is 1.40. The summed E-state index contributed by atoms with van der Waals surface area (Å²) in [6, 6.07) is 0. The first-order chi connectivity index (χ1) is 11.2. The van der Waals surface area contributed by atoms with E-state index in [0.29, 0.717) is 0 Å². The summed E-state index contributed by atoms with van der Waals surface area (Å²) in [5, 5.41) is 9.58. The van der Waals surface area contributed by atoms with Crippen molar-refractivity contribution >= 4 is 5.97 Å². The third-order valence-electron chi connectivity index (χ3n) is 2.89. The highest BCUT2D eigenvalue weighted by molar-refractivity contribution is 5.68. The summed E-state index contributed by atoms with van der Waals surface area (Å²) in [6.45, 7) is -2.65. The number of carboxylic acid groups (broad SMARTS) is 1. The molecule has 0 aliphatic carbocycles. The van der Waals surface area contributed by atoms with Gasteiger partial charge in [0.2, 0.25) is 0 Å². The van der Waals surface area contributed by atoms with E-state index < -0.39 is 61.3 Å². The maximum Gasteiger partial charge on any atom is 0.460 e. The van der Waals surface area contributed by atoms with Crippen LogP contribution in [0.3, 0.4) is 0 Å². The van der Waals surface area contributed by atoms with E-state index in [1.165, 1.54) is 5.32 Å². The molecule has 26 heavy (non-hydrogen) atoms. The molecule has 0 radical (unpaired) electrons. The number of hydrogen-bond acceptors (Lipinski definition) is 2. The molecule has 0 bridgehead atoms. The van der Waals surface area contributed by atoms with E-state index >= 15 is 0 Å². The van der Waals surface area contributed by atoms with E-state index in [-0.39, 0.29) is 0 Å². The maximum atomic E-state index is 13.2. The lowest BCUT2D eigenvalue weighted by Crippen LogP contribution is -2.70. The van der Waals surface area contributed by atoms with Gasteiger partial charge in [-0.05, 0) is 0 Å². The van der Waals surface area contributed by atoms with Crippen molar-refractivity contribution in [1.29, 1.82) is 0 Å². The highest BCUT2D eigenvalue weighted by Crippen LogP contribution is 2.60. The topological polar surface area (TPSA) is 49.3 Å². The number of rotatable bonds is 9. The van der Waals surface area contributed by atoms with Crippen molar-refractivity contribution in [2.75, 3.05) is 13.1 Å². The first-order valence-corrected chi connectivity index (χ1v) is 6.05. The van der Waals surface area contributed by atoms with Gasteiger partial charge in [0.05, 0.1) is 6.54 Å². The minimum absolute atomic E-state index is 1.15. The Morgan fingerprint density at radius 1 is 0.692 bits per heavy atom. The van der Waals surface area contributed by atoms with E-state index in [0.717, 1.165) is 0 Å². The van der Waals surface area contributed by atoms with Crippen molar-refractivity contribution < 1.29 is 67.0 Å². The van der Waals surface area contributed by atoms with Crippen LogP contribution in [0.25, 0.3) is 0 Å². The van der Waals surface area contributed by atoms with E-state index in [2.05, 4.69) is 0 Å². The Bertz CT molecular complexity index is 514. The zero-order chi connectivity index (χ0) is 21.4. The normalized spacial score (nSPS) is 15.3. The van der Waals surface area contributed by atoms with Crippen LogP contribution in [0.1, 0.15) is 6.42 Å². The van der Waals surface area contributed by atoms with Gasteiger partial charge in [0.15, 0.2) is 0 Å². The molecule has 0 saturated carbocycles. The van der Waals surface area contributed by atoms with Crippen LogP contribution in [0.4, 0.5) is 57.1 Å². The molecule has 0 rings (SSSR count). The lowest BCUT2D eigenvalue weighted by molar-refractivity contribution is -0.440. The lowest BCUT2D eigenvalue weighted by Gasteiger charge is -2.39. The van der Waals surface area contributed by atoms with Crippen molar-refractivity contribution in [3.8, 4) is 0 Å². The van der Waals surface area contributed by atoms with Crippen LogP contribution in [0.15, 0.2) is 0 Å². The summed E-state index contributed by atoms with van der Waals surface area (Å²) in [4.78, 5) is 10.0. The molecule has 0 fully saturated rings. The van der Waals surface area contributed by atoms with Gasteiger partial charge in [-0.15, -0.1) is 0 Å². The second-order valence-corrected chi connectivity index (χ2v) is 4.82. The Morgan fingerprint density at radius 3 is 1.42 bits per heavy atom. The quantitative estimate of drug-likeness (QED) is 0.440. The van der Waals surface area contributed by atoms with Crippen molar-refractivity contribution in [3.63, 3.8) is 0 Å². The smallest absolute Gasteiger partial charge is 0.460 e. The number of nitrogens with one attached hydrogen (secondary N) is 1. The molecule has 0 aliphatic rings. The van der Waals surface area contributed by atoms with Gasteiger partial charge < -0.3 is 10.4 Å². The number of hydrogen-bond donors (Lipinski definition) is 2. The SMILES string of the molecule is O=C(O)CNCCC(F)(F)C(F)(F)C(F)(F)C(F)(F)C(F)(F)C(F)(F)F. The second kappa shape index (κ2) is 6.92. The highest BCUT2D eigenvalue weighted by Gasteiger charge is 2.90. The zero-order valence-corrected chi connectivity index (χ0v) is 11.9. The lowest BCUT2D eigenvalue weighted by atomic mass is 9.92. The third kappa shape index (κ3) is 3.93. The molecular formula is C10H8F13NO2. The van der Waals surface area contributed by atoms with Crippen LogP contribution >= 0.6 is 0 Å². The standard InChI is InChI=1S/C10H8F13NO2/c11-5(12,1-2-24-3-4(25)26)6(13,14)7(15,16)8(17,18)9(19,20)10(21,22)23/h24H,1-3H2,(H,25,26). The Kier molecular flexibility index (Phi) is 6.53. The van der Waals surface area contributed by atoms with E-state index in [1.54, 1.807) is 0 Å². The van der Waals surface area contributed by atoms with Gasteiger partial charge in [0, 0.05) is 13.0 Å². The summed E-state index contributed by atoms with van der Waals surface area (Å²) < 4.78 is 165. The molecule has 0 aromatic carbocycles. The molecule has 0 aromatic heterocycles. The fourth-order valence-corrected chi connectivity index (χ4v) is 1.40. The molecule has 2 N–H and O–H groups in total. The van der Waals surface area contributed by atoms with Crippen molar-refractivity contribution in [3.05, 3.63) is 0 Å². The molecule has 3 nitrogen and oxygen atoms in total. The zero-order valence-electron chi connectivity index (χ0n) is 11.9. The average molecular weight is 421 g/mol. The van der Waals surface area contributed by atoms with Crippen LogP contribution in [0, 0.1) is 0 Å². The van der Waals surface area contributed by atoms with Crippen molar-refractivity contribution in [2.45, 2.75) is 42.2 Å². The Hall–Kier alpha value is -1.48. The minimum atomic E-state index is -7.93. The number of halogens is 13. The van der Waals surface area contributed by atoms with Gasteiger partial charge in [-0.3, -0.25) is 4.79 Å². The Morgan fingerprint density at radius 2 is 1.08 bits per heavy atom. The molecule has 0 amide bonds. The van der Waals surface area contributed by atoms with E-state index in [9.17, 15) is 61.9 Å². The molecule has 16 heteroatoms. The molecule has 0 unspecified atom stereocenters. The van der Waals surface area contributed by atoms with E-state index in [1.807, 2.05) is 0 Å². The summed E-state index contributed by atoms with van der Waals surface area (Å²) in [6.07, 6.45) is -9.93. The Labute approximate surface area is 135 Å². The fraction of sp³-hybridized carbons (Fsp3) is 0.900. The van der Waals surface area contributed by atoms with Gasteiger partial charge >= 0.3 is 41.8 Å². The van der Waals surface area contributed by atoms with Crippen LogP contribution in [0.2, 0.25) is 0 Å². The van der Waals surface area contributed by atoms with Gasteiger partial charge in [-0.1, -0.05) is 0 Å². The number of carboxylic acids is 1. The second-order valence-electron chi connectivity index (χ2n) is 4.82. The summed E-state index contributed by atoms with van der Waals surface area (Å²) >= 11 is 0. The molecule has 0 heterocycles. The third-order valence-corrected chi connectivity index (χ3v) is 2.89. The predicted molar refractivity (Wildman–Crippen MR) is 55.9 cm³/mol. The van der Waals surface area contributed by atoms with Crippen LogP contribution in [-0.2, 0) is 4.79 Å². The van der Waals surface area contributed by atoms with Crippen LogP contribution in [-0.4, -0.2) is 60.0 Å². The monoisotopic (exact) mass is 421 g/mol. The van der Waals surface area contributed by atoms with Crippen LogP contribution in [0.5, 0.6) is 0 Å². The first kappa shape index (κ1) is 24.5. The predicted octanol–water partition coefficient (Wildman–Crippen LogP) is 3.79.